The molecule has 6 nitrogen and oxygen atoms in total. The zero-order valence-electron chi connectivity index (χ0n) is 21.3. The van der Waals surface area contributed by atoms with E-state index in [1.807, 2.05) is 22.9 Å². The zero-order chi connectivity index (χ0) is 24.9. The van der Waals surface area contributed by atoms with Crippen LogP contribution in [0.25, 0.3) is 5.57 Å². The first-order valence-corrected chi connectivity index (χ1v) is 12.0. The summed E-state index contributed by atoms with van der Waals surface area (Å²) >= 11 is 0. The van der Waals surface area contributed by atoms with Crippen molar-refractivity contribution in [3.8, 4) is 0 Å². The van der Waals surface area contributed by atoms with Crippen LogP contribution in [-0.2, 0) is 10.3 Å². The molecule has 1 heterocycles. The Labute approximate surface area is 200 Å². The van der Waals surface area contributed by atoms with E-state index in [1.54, 1.807) is 12.2 Å². The van der Waals surface area contributed by atoms with E-state index in [4.69, 9.17) is 5.21 Å². The van der Waals surface area contributed by atoms with Gasteiger partial charge in [0.15, 0.2) is 0 Å². The van der Waals surface area contributed by atoms with Crippen molar-refractivity contribution in [1.82, 2.24) is 20.5 Å². The van der Waals surface area contributed by atoms with Gasteiger partial charge in [0.1, 0.15) is 5.69 Å². The van der Waals surface area contributed by atoms with E-state index in [1.165, 1.54) is 57.3 Å². The second-order valence-electron chi connectivity index (χ2n) is 10.2. The van der Waals surface area contributed by atoms with Crippen LogP contribution in [-0.4, -0.2) is 26.1 Å². The number of rotatable bonds is 8. The van der Waals surface area contributed by atoms with Gasteiger partial charge < -0.3 is 0 Å². The van der Waals surface area contributed by atoms with Crippen molar-refractivity contribution in [2.75, 3.05) is 0 Å². The van der Waals surface area contributed by atoms with Crippen LogP contribution in [0.5, 0.6) is 0 Å². The summed E-state index contributed by atoms with van der Waals surface area (Å²) in [6.07, 6.45) is 22.3. The smallest absolute Gasteiger partial charge is 0.240 e. The molecular weight excluding hydrogens is 412 g/mol. The number of aromatic nitrogens is 3. The van der Waals surface area contributed by atoms with E-state index in [0.29, 0.717) is 0 Å². The molecule has 0 saturated heterocycles. The molecular formula is C27H44N4O2. The summed E-state index contributed by atoms with van der Waals surface area (Å²) in [5.41, 5.74) is 3.46. The summed E-state index contributed by atoms with van der Waals surface area (Å²) in [5, 5.41) is 16.5. The van der Waals surface area contributed by atoms with Gasteiger partial charge in [-0.3, -0.25) is 10.0 Å². The third-order valence-electron chi connectivity index (χ3n) is 6.37. The molecule has 0 aliphatic heterocycles. The minimum atomic E-state index is -0.440. The Balaban J connectivity index is 0.000000981. The summed E-state index contributed by atoms with van der Waals surface area (Å²) in [7, 11) is 0. The highest BCUT2D eigenvalue weighted by Crippen LogP contribution is 2.43. The second-order valence-corrected chi connectivity index (χ2v) is 10.2. The normalized spacial score (nSPS) is 16.4. The number of allylic oxidation sites excluding steroid dienone is 6. The number of hydroxylamine groups is 1. The number of nitrogens with one attached hydrogen (secondary N) is 1. The van der Waals surface area contributed by atoms with Crippen molar-refractivity contribution in [1.29, 1.82) is 0 Å². The Bertz CT molecular complexity index is 810. The van der Waals surface area contributed by atoms with Crippen LogP contribution in [0.1, 0.15) is 91.7 Å². The molecule has 0 atom stereocenters. The molecule has 0 radical (unpaired) electrons. The lowest BCUT2D eigenvalue weighted by molar-refractivity contribution is -0.126. The van der Waals surface area contributed by atoms with Crippen LogP contribution < -0.4 is 5.48 Å². The maximum Gasteiger partial charge on any atom is 0.240 e. The average Bonchev–Trinajstić information content (AvgIpc) is 3.21. The summed E-state index contributed by atoms with van der Waals surface area (Å²) in [6, 6.07) is 0. The molecule has 0 bridgehead atoms. The molecule has 184 valence electrons. The lowest BCUT2D eigenvalue weighted by Crippen LogP contribution is -2.37. The molecule has 2 rings (SSSR count). The first kappa shape index (κ1) is 28.6. The first-order valence-electron chi connectivity index (χ1n) is 12.0. The van der Waals surface area contributed by atoms with Gasteiger partial charge in [-0.2, -0.15) is 0 Å². The minimum Gasteiger partial charge on any atom is -0.289 e. The van der Waals surface area contributed by atoms with E-state index < -0.39 is 5.91 Å². The maximum absolute atomic E-state index is 9.45. The molecule has 0 spiro atoms. The molecule has 1 aromatic rings. The number of hydrogen-bond donors (Lipinski definition) is 2. The Hall–Kier alpha value is -2.47. The Morgan fingerprint density at radius 3 is 2.24 bits per heavy atom. The SMILES string of the molecule is C=C/C=C\C(=C/C=C)c1cn(C(C)(C)CC(C)(C)C2CCCCCCC2)nn1.CC(=O)NO. The van der Waals surface area contributed by atoms with Crippen molar-refractivity contribution in [3.05, 3.63) is 55.4 Å². The summed E-state index contributed by atoms with van der Waals surface area (Å²) < 4.78 is 2.05. The predicted molar refractivity (Wildman–Crippen MR) is 137 cm³/mol. The maximum atomic E-state index is 9.45. The number of hydrogen-bond acceptors (Lipinski definition) is 4. The zero-order valence-corrected chi connectivity index (χ0v) is 21.3. The molecule has 2 N–H and O–H groups in total. The number of carbonyl (C=O) groups is 1. The average molecular weight is 457 g/mol. The number of carbonyl (C=O) groups excluding carboxylic acids is 1. The summed E-state index contributed by atoms with van der Waals surface area (Å²) in [6.45, 7) is 18.3. The standard InChI is InChI=1S/C25H39N3.C2H5NO2/c1-7-9-16-21(15-8-2)23-19-28(27-26-23)25(5,6)20-24(3,4)22-17-13-11-10-12-14-18-22;1-2(4)3-5/h7-9,15-16,19,22H,1-2,10-14,17-18,20H2,3-6H3;5H,1H3,(H,3,4)/b16-9-,21-15+;. The van der Waals surface area contributed by atoms with E-state index in [2.05, 4.69) is 57.4 Å². The third-order valence-corrected chi connectivity index (χ3v) is 6.37. The van der Waals surface area contributed by atoms with E-state index >= 15 is 0 Å². The molecule has 1 aliphatic carbocycles. The highest BCUT2D eigenvalue weighted by Gasteiger charge is 2.36. The van der Waals surface area contributed by atoms with Gasteiger partial charge >= 0.3 is 0 Å². The first-order chi connectivity index (χ1) is 15.6. The van der Waals surface area contributed by atoms with Gasteiger partial charge in [-0.15, -0.1) is 5.10 Å². The quantitative estimate of drug-likeness (QED) is 0.262. The molecule has 1 aliphatic rings. The molecule has 1 fully saturated rings. The van der Waals surface area contributed by atoms with Gasteiger partial charge in [0.05, 0.1) is 11.7 Å². The van der Waals surface area contributed by atoms with E-state index in [-0.39, 0.29) is 11.0 Å². The monoisotopic (exact) mass is 456 g/mol. The summed E-state index contributed by atoms with van der Waals surface area (Å²) in [5.74, 6) is 0.354. The predicted octanol–water partition coefficient (Wildman–Crippen LogP) is 6.61. The van der Waals surface area contributed by atoms with Crippen LogP contribution in [0.2, 0.25) is 0 Å². The van der Waals surface area contributed by atoms with Crippen LogP contribution in [0.15, 0.2) is 49.7 Å². The van der Waals surface area contributed by atoms with Gasteiger partial charge in [-0.25, -0.2) is 10.2 Å². The topological polar surface area (TPSA) is 80.0 Å². The molecule has 0 aromatic carbocycles. The van der Waals surface area contributed by atoms with Crippen molar-refractivity contribution in [3.63, 3.8) is 0 Å². The third kappa shape index (κ3) is 9.91. The van der Waals surface area contributed by atoms with Gasteiger partial charge in [0, 0.05) is 12.5 Å². The van der Waals surface area contributed by atoms with Crippen molar-refractivity contribution >= 4 is 11.5 Å². The van der Waals surface area contributed by atoms with Crippen molar-refractivity contribution in [2.45, 2.75) is 91.5 Å². The lowest BCUT2D eigenvalue weighted by atomic mass is 9.67. The fourth-order valence-corrected chi connectivity index (χ4v) is 4.79. The minimum absolute atomic E-state index is 0.0848. The fourth-order valence-electron chi connectivity index (χ4n) is 4.79. The molecule has 6 heteroatoms. The Morgan fingerprint density at radius 2 is 1.73 bits per heavy atom. The lowest BCUT2D eigenvalue weighted by Gasteiger charge is -2.41. The highest BCUT2D eigenvalue weighted by molar-refractivity contribution is 5.72. The molecule has 1 saturated carbocycles. The van der Waals surface area contributed by atoms with Gasteiger partial charge in [0.25, 0.3) is 0 Å². The Kier molecular flexibility index (Phi) is 12.1. The Morgan fingerprint density at radius 1 is 1.15 bits per heavy atom. The molecule has 33 heavy (non-hydrogen) atoms. The number of nitrogens with zero attached hydrogens (tertiary/aromatic N) is 3. The fraction of sp³-hybridized carbons (Fsp3) is 0.593. The van der Waals surface area contributed by atoms with Gasteiger partial charge in [-0.05, 0) is 44.4 Å². The van der Waals surface area contributed by atoms with Crippen LogP contribution >= 0.6 is 0 Å². The van der Waals surface area contributed by atoms with Crippen LogP contribution in [0.3, 0.4) is 0 Å². The summed E-state index contributed by atoms with van der Waals surface area (Å²) in [4.78, 5) is 9.45. The van der Waals surface area contributed by atoms with E-state index in [0.717, 1.165) is 23.6 Å². The van der Waals surface area contributed by atoms with Crippen molar-refractivity contribution in [2.24, 2.45) is 11.3 Å². The van der Waals surface area contributed by atoms with Crippen LogP contribution in [0.4, 0.5) is 0 Å². The molecule has 1 amide bonds. The molecule has 0 unspecified atom stereocenters. The molecule has 1 aromatic heterocycles. The second kappa shape index (κ2) is 13.9. The van der Waals surface area contributed by atoms with Crippen LogP contribution in [0, 0.1) is 11.3 Å². The van der Waals surface area contributed by atoms with E-state index in [9.17, 15) is 4.79 Å². The number of amides is 1. The van der Waals surface area contributed by atoms with Crippen molar-refractivity contribution < 1.29 is 10.0 Å². The highest BCUT2D eigenvalue weighted by atomic mass is 16.5. The van der Waals surface area contributed by atoms with Gasteiger partial charge in [-0.1, -0.05) is 94.7 Å². The van der Waals surface area contributed by atoms with Gasteiger partial charge in [0.2, 0.25) is 5.91 Å². The largest absolute Gasteiger partial charge is 0.289 e.